The summed E-state index contributed by atoms with van der Waals surface area (Å²) in [6, 6.07) is 12.5. The highest BCUT2D eigenvalue weighted by molar-refractivity contribution is 6.30. The Bertz CT molecular complexity index is 1000. The first-order chi connectivity index (χ1) is 12.6. The minimum Gasteiger partial charge on any atom is -0.408 e. The molecule has 0 unspecified atom stereocenters. The van der Waals surface area contributed by atoms with Crippen molar-refractivity contribution in [1.29, 1.82) is 0 Å². The monoisotopic (exact) mass is 372 g/mol. The van der Waals surface area contributed by atoms with Crippen molar-refractivity contribution in [2.75, 3.05) is 36.4 Å². The normalized spacial score (nSPS) is 14.7. The van der Waals surface area contributed by atoms with Gasteiger partial charge in [0.15, 0.2) is 5.58 Å². The molecule has 1 aliphatic heterocycles. The van der Waals surface area contributed by atoms with Crippen molar-refractivity contribution >= 4 is 40.1 Å². The first kappa shape index (κ1) is 16.5. The Hall–Kier alpha value is -2.93. The highest BCUT2D eigenvalue weighted by atomic mass is 35.5. The number of benzene rings is 2. The van der Waals surface area contributed by atoms with E-state index >= 15 is 0 Å². The molecule has 0 radical (unpaired) electrons. The number of halogens is 1. The number of hydrogen-bond donors (Lipinski definition) is 2. The molecule has 1 aromatic heterocycles. The number of piperazine rings is 1. The van der Waals surface area contributed by atoms with Crippen LogP contribution in [0.25, 0.3) is 11.1 Å². The largest absolute Gasteiger partial charge is 0.417 e. The molecule has 0 saturated carbocycles. The number of carbonyl (C=O) groups is 1. The van der Waals surface area contributed by atoms with Gasteiger partial charge in [-0.25, -0.2) is 9.59 Å². The molecule has 2 heterocycles. The number of fused-ring (bicyclic) bond motifs is 1. The molecule has 1 aliphatic rings. The lowest BCUT2D eigenvalue weighted by Gasteiger charge is -2.36. The fourth-order valence-corrected chi connectivity index (χ4v) is 3.26. The molecule has 2 N–H and O–H groups in total. The number of hydrogen-bond acceptors (Lipinski definition) is 4. The molecule has 0 bridgehead atoms. The summed E-state index contributed by atoms with van der Waals surface area (Å²) in [5.74, 6) is -0.459. The van der Waals surface area contributed by atoms with Crippen LogP contribution in [-0.4, -0.2) is 42.1 Å². The van der Waals surface area contributed by atoms with E-state index < -0.39 is 5.76 Å². The zero-order valence-corrected chi connectivity index (χ0v) is 14.6. The van der Waals surface area contributed by atoms with Crippen LogP contribution in [0.2, 0.25) is 5.02 Å². The number of H-pyrrole nitrogens is 1. The van der Waals surface area contributed by atoms with E-state index in [9.17, 15) is 9.59 Å². The predicted molar refractivity (Wildman–Crippen MR) is 101 cm³/mol. The second-order valence-electron chi connectivity index (χ2n) is 6.11. The van der Waals surface area contributed by atoms with Crippen molar-refractivity contribution in [2.24, 2.45) is 0 Å². The van der Waals surface area contributed by atoms with Crippen molar-refractivity contribution < 1.29 is 9.21 Å². The zero-order valence-electron chi connectivity index (χ0n) is 13.9. The first-order valence-electron chi connectivity index (χ1n) is 8.28. The highest BCUT2D eigenvalue weighted by Gasteiger charge is 2.21. The Labute approximate surface area is 154 Å². The van der Waals surface area contributed by atoms with Gasteiger partial charge in [-0.15, -0.1) is 0 Å². The molecule has 0 atom stereocenters. The average Bonchev–Trinajstić information content (AvgIpc) is 3.01. The van der Waals surface area contributed by atoms with Crippen molar-refractivity contribution in [2.45, 2.75) is 0 Å². The van der Waals surface area contributed by atoms with Crippen LogP contribution in [0.4, 0.5) is 16.2 Å². The Morgan fingerprint density at radius 3 is 2.69 bits per heavy atom. The average molecular weight is 373 g/mol. The number of amides is 2. The van der Waals surface area contributed by atoms with E-state index in [1.165, 1.54) is 0 Å². The summed E-state index contributed by atoms with van der Waals surface area (Å²) < 4.78 is 5.02. The van der Waals surface area contributed by atoms with Crippen molar-refractivity contribution in [3.8, 4) is 0 Å². The van der Waals surface area contributed by atoms with E-state index in [1.54, 1.807) is 35.2 Å². The maximum absolute atomic E-state index is 12.4. The number of anilines is 2. The van der Waals surface area contributed by atoms with Crippen LogP contribution < -0.4 is 16.0 Å². The maximum atomic E-state index is 12.4. The summed E-state index contributed by atoms with van der Waals surface area (Å²) in [6.45, 7) is 2.62. The van der Waals surface area contributed by atoms with Gasteiger partial charge >= 0.3 is 11.8 Å². The number of oxazole rings is 1. The molecule has 0 aliphatic carbocycles. The molecule has 3 aromatic rings. The third-order valence-corrected chi connectivity index (χ3v) is 4.65. The van der Waals surface area contributed by atoms with Crippen molar-refractivity contribution in [3.05, 3.63) is 58.0 Å². The summed E-state index contributed by atoms with van der Waals surface area (Å²) in [5.41, 5.74) is 2.88. The quantitative estimate of drug-likeness (QED) is 0.724. The van der Waals surface area contributed by atoms with Crippen molar-refractivity contribution in [3.63, 3.8) is 0 Å². The molecule has 2 amide bonds. The highest BCUT2D eigenvalue weighted by Crippen LogP contribution is 2.22. The van der Waals surface area contributed by atoms with Gasteiger partial charge in [0.05, 0.1) is 5.52 Å². The van der Waals surface area contributed by atoms with E-state index in [2.05, 4.69) is 15.2 Å². The van der Waals surface area contributed by atoms with Gasteiger partial charge in [0.25, 0.3) is 0 Å². The number of carbonyl (C=O) groups excluding carboxylic acids is 1. The lowest BCUT2D eigenvalue weighted by Crippen LogP contribution is -2.50. The summed E-state index contributed by atoms with van der Waals surface area (Å²) in [4.78, 5) is 30.3. The second-order valence-corrected chi connectivity index (χ2v) is 6.55. The van der Waals surface area contributed by atoms with Gasteiger partial charge in [-0.3, -0.25) is 4.98 Å². The predicted octanol–water partition coefficient (Wildman–Crippen LogP) is 3.13. The van der Waals surface area contributed by atoms with Gasteiger partial charge in [-0.05, 0) is 36.4 Å². The van der Waals surface area contributed by atoms with Crippen LogP contribution >= 0.6 is 11.6 Å². The van der Waals surface area contributed by atoms with E-state index in [4.69, 9.17) is 16.0 Å². The van der Waals surface area contributed by atoms with Gasteiger partial charge in [-0.1, -0.05) is 17.7 Å². The van der Waals surface area contributed by atoms with Gasteiger partial charge < -0.3 is 19.5 Å². The minimum absolute atomic E-state index is 0.137. The molecule has 1 fully saturated rings. The lowest BCUT2D eigenvalue weighted by molar-refractivity contribution is 0.208. The molecular formula is C18H17ClN4O3. The van der Waals surface area contributed by atoms with Crippen LogP contribution in [0.3, 0.4) is 0 Å². The van der Waals surface area contributed by atoms with Crippen LogP contribution in [0.15, 0.2) is 51.7 Å². The van der Waals surface area contributed by atoms with E-state index in [0.29, 0.717) is 48.0 Å². The minimum atomic E-state index is -0.459. The Kier molecular flexibility index (Phi) is 4.30. The maximum Gasteiger partial charge on any atom is 0.417 e. The molecule has 8 heteroatoms. The molecular weight excluding hydrogens is 356 g/mol. The molecule has 26 heavy (non-hydrogen) atoms. The fraction of sp³-hybridized carbons (Fsp3) is 0.222. The molecule has 2 aromatic carbocycles. The molecule has 1 saturated heterocycles. The van der Waals surface area contributed by atoms with Gasteiger partial charge in [0.1, 0.15) is 0 Å². The summed E-state index contributed by atoms with van der Waals surface area (Å²) >= 11 is 5.94. The third kappa shape index (κ3) is 3.39. The third-order valence-electron chi connectivity index (χ3n) is 4.41. The van der Waals surface area contributed by atoms with E-state index in [-0.39, 0.29) is 6.03 Å². The number of urea groups is 1. The molecule has 0 spiro atoms. The van der Waals surface area contributed by atoms with Crippen molar-refractivity contribution in [1.82, 2.24) is 9.88 Å². The molecule has 134 valence electrons. The second kappa shape index (κ2) is 6.76. The van der Waals surface area contributed by atoms with Gasteiger partial charge in [0, 0.05) is 42.6 Å². The topological polar surface area (TPSA) is 81.6 Å². The molecule has 7 nitrogen and oxygen atoms in total. The zero-order chi connectivity index (χ0) is 18.1. The summed E-state index contributed by atoms with van der Waals surface area (Å²) in [6.07, 6.45) is 0. The summed E-state index contributed by atoms with van der Waals surface area (Å²) in [7, 11) is 0. The number of rotatable bonds is 2. The Balaban J connectivity index is 1.39. The number of aromatic amines is 1. The van der Waals surface area contributed by atoms with Crippen LogP contribution in [0.1, 0.15) is 0 Å². The van der Waals surface area contributed by atoms with Gasteiger partial charge in [-0.2, -0.15) is 0 Å². The number of nitrogens with one attached hydrogen (secondary N) is 2. The molecule has 4 rings (SSSR count). The Morgan fingerprint density at radius 1 is 1.12 bits per heavy atom. The van der Waals surface area contributed by atoms with Crippen LogP contribution in [0, 0.1) is 0 Å². The van der Waals surface area contributed by atoms with E-state index in [0.717, 1.165) is 5.69 Å². The number of aromatic nitrogens is 1. The smallest absolute Gasteiger partial charge is 0.408 e. The summed E-state index contributed by atoms with van der Waals surface area (Å²) in [5, 5.41) is 3.45. The van der Waals surface area contributed by atoms with Gasteiger partial charge in [0.2, 0.25) is 0 Å². The van der Waals surface area contributed by atoms with E-state index in [1.807, 2.05) is 12.1 Å². The Morgan fingerprint density at radius 2 is 1.92 bits per heavy atom. The first-order valence-corrected chi connectivity index (χ1v) is 8.65. The van der Waals surface area contributed by atoms with Crippen LogP contribution in [-0.2, 0) is 0 Å². The lowest BCUT2D eigenvalue weighted by atomic mass is 10.2. The number of nitrogens with zero attached hydrogens (tertiary/aromatic N) is 2. The SMILES string of the molecule is O=C(Nc1cccc(Cl)c1)N1CCN(c2ccc3oc(=O)[nH]c3c2)CC1. The standard InChI is InChI=1S/C18H17ClN4O3/c19-12-2-1-3-13(10-12)20-17(24)23-8-6-22(7-9-23)14-4-5-16-15(11-14)21-18(25)26-16/h1-5,10-11H,6-9H2,(H,20,24)(H,21,25). The van der Waals surface area contributed by atoms with Crippen LogP contribution in [0.5, 0.6) is 0 Å². The fourth-order valence-electron chi connectivity index (χ4n) is 3.07.